The maximum atomic E-state index is 12.9. The Labute approximate surface area is 171 Å². The minimum Gasteiger partial charge on any atom is -0.291 e. The van der Waals surface area contributed by atoms with E-state index in [4.69, 9.17) is 0 Å². The fourth-order valence-electron chi connectivity index (χ4n) is 4.06. The minimum atomic E-state index is -0.381. The molecule has 0 bridgehead atoms. The Morgan fingerprint density at radius 1 is 1.00 bits per heavy atom. The maximum Gasteiger partial charge on any atom is 0.251 e. The minimum absolute atomic E-state index is 0.126. The summed E-state index contributed by atoms with van der Waals surface area (Å²) in [5.41, 5.74) is 0.646. The number of rotatable bonds is 4. The molecule has 0 radical (unpaired) electrons. The average molecular weight is 408 g/mol. The molecule has 2 aromatic heterocycles. The zero-order valence-electron chi connectivity index (χ0n) is 15.7. The van der Waals surface area contributed by atoms with Gasteiger partial charge in [-0.15, -0.1) is 21.5 Å². The molecule has 2 saturated heterocycles. The van der Waals surface area contributed by atoms with Crippen molar-refractivity contribution in [2.24, 2.45) is 0 Å². The summed E-state index contributed by atoms with van der Waals surface area (Å²) in [5.74, 6) is 0.392. The second-order valence-electron chi connectivity index (χ2n) is 7.30. The maximum absolute atomic E-state index is 12.9. The van der Waals surface area contributed by atoms with Crippen LogP contribution in [0.4, 0.5) is 5.69 Å². The Balaban J connectivity index is 1.24. The Hall–Kier alpha value is -2.91. The number of aromatic nitrogens is 4. The molecule has 2 fully saturated rings. The Morgan fingerprint density at radius 3 is 2.52 bits per heavy atom. The number of carbonyl (C=O) groups is 2. The number of tetrazole rings is 1. The number of anilines is 1. The van der Waals surface area contributed by atoms with Crippen molar-refractivity contribution >= 4 is 28.8 Å². The van der Waals surface area contributed by atoms with Gasteiger partial charge >= 0.3 is 0 Å². The highest BCUT2D eigenvalue weighted by Gasteiger charge is 2.43. The van der Waals surface area contributed by atoms with Crippen LogP contribution in [0.3, 0.4) is 0 Å². The Bertz CT molecular complexity index is 1010. The highest BCUT2D eigenvalue weighted by atomic mass is 32.1. The van der Waals surface area contributed by atoms with Gasteiger partial charge in [0, 0.05) is 13.1 Å². The Kier molecular flexibility index (Phi) is 4.69. The third kappa shape index (κ3) is 3.36. The number of carbonyl (C=O) groups excluding carboxylic acids is 2. The molecule has 148 valence electrons. The number of para-hydroxylation sites is 1. The average Bonchev–Trinajstić information content (AvgIpc) is 3.49. The first kappa shape index (κ1) is 18.1. The molecule has 9 heteroatoms. The fraction of sp³-hybridized carbons (Fsp3) is 0.350. The van der Waals surface area contributed by atoms with Gasteiger partial charge in [0.2, 0.25) is 11.7 Å². The van der Waals surface area contributed by atoms with Gasteiger partial charge in [-0.05, 0) is 41.6 Å². The van der Waals surface area contributed by atoms with E-state index in [2.05, 4.69) is 20.3 Å². The predicted octanol–water partition coefficient (Wildman–Crippen LogP) is 2.37. The third-order valence-corrected chi connectivity index (χ3v) is 6.44. The van der Waals surface area contributed by atoms with E-state index < -0.39 is 0 Å². The van der Waals surface area contributed by atoms with Crippen LogP contribution in [0, 0.1) is 0 Å². The van der Waals surface area contributed by atoms with Crippen LogP contribution in [0.5, 0.6) is 0 Å². The van der Waals surface area contributed by atoms with E-state index in [0.29, 0.717) is 11.5 Å². The zero-order chi connectivity index (χ0) is 19.8. The molecule has 2 aliphatic heterocycles. The first-order chi connectivity index (χ1) is 14.2. The van der Waals surface area contributed by atoms with E-state index in [1.165, 1.54) is 4.90 Å². The smallest absolute Gasteiger partial charge is 0.251 e. The summed E-state index contributed by atoms with van der Waals surface area (Å²) in [6.07, 6.45) is 1.88. The first-order valence-corrected chi connectivity index (χ1v) is 10.6. The number of hydrogen-bond acceptors (Lipinski definition) is 7. The molecular weight excluding hydrogens is 388 g/mol. The van der Waals surface area contributed by atoms with Crippen molar-refractivity contribution in [2.45, 2.75) is 31.3 Å². The van der Waals surface area contributed by atoms with Crippen LogP contribution >= 0.6 is 11.3 Å². The van der Waals surface area contributed by atoms with Crippen LogP contribution in [0.1, 0.15) is 25.3 Å². The van der Waals surface area contributed by atoms with E-state index in [1.807, 2.05) is 35.7 Å². The van der Waals surface area contributed by atoms with Gasteiger partial charge in [0.15, 0.2) is 0 Å². The molecule has 2 aliphatic rings. The molecule has 5 rings (SSSR count). The number of likely N-dealkylation sites (tertiary alicyclic amines) is 1. The number of thiophene rings is 1. The number of benzene rings is 1. The van der Waals surface area contributed by atoms with Crippen LogP contribution in [0.15, 0.2) is 47.8 Å². The van der Waals surface area contributed by atoms with Gasteiger partial charge in [-0.3, -0.25) is 14.5 Å². The summed E-state index contributed by atoms with van der Waals surface area (Å²) in [7, 11) is 0. The van der Waals surface area contributed by atoms with Gasteiger partial charge in [0.25, 0.3) is 5.91 Å². The molecule has 0 N–H and O–H groups in total. The van der Waals surface area contributed by atoms with Crippen molar-refractivity contribution < 1.29 is 9.59 Å². The topological polar surface area (TPSA) is 84.2 Å². The molecule has 0 saturated carbocycles. The Morgan fingerprint density at radius 2 is 1.79 bits per heavy atom. The van der Waals surface area contributed by atoms with E-state index in [0.717, 1.165) is 30.8 Å². The lowest BCUT2D eigenvalue weighted by atomic mass is 10.0. The van der Waals surface area contributed by atoms with Crippen LogP contribution in [-0.4, -0.2) is 56.1 Å². The van der Waals surface area contributed by atoms with Gasteiger partial charge in [-0.25, -0.2) is 4.90 Å². The molecule has 0 spiro atoms. The van der Waals surface area contributed by atoms with E-state index in [1.54, 1.807) is 28.3 Å². The molecule has 1 unspecified atom stereocenters. The van der Waals surface area contributed by atoms with Crippen molar-refractivity contribution in [2.75, 3.05) is 18.0 Å². The standard InChI is InChI=1S/C20H20N6O2S/c27-18-13-16(20(28)25(18)14-5-2-1-3-6-14)24-10-8-15(9-11-24)26-22-19(21-23-26)17-7-4-12-29-17/h1-7,12,15-16H,8-11,13H2. The van der Waals surface area contributed by atoms with Crippen molar-refractivity contribution in [3.8, 4) is 10.7 Å². The van der Waals surface area contributed by atoms with E-state index >= 15 is 0 Å². The molecule has 8 nitrogen and oxygen atoms in total. The normalized spacial score (nSPS) is 21.2. The zero-order valence-corrected chi connectivity index (χ0v) is 16.5. The fourth-order valence-corrected chi connectivity index (χ4v) is 4.71. The number of piperidine rings is 1. The largest absolute Gasteiger partial charge is 0.291 e. The summed E-state index contributed by atoms with van der Waals surface area (Å²) in [6, 6.07) is 12.9. The van der Waals surface area contributed by atoms with Gasteiger partial charge in [-0.1, -0.05) is 24.3 Å². The molecule has 0 aliphatic carbocycles. The van der Waals surface area contributed by atoms with E-state index in [-0.39, 0.29) is 30.3 Å². The van der Waals surface area contributed by atoms with Crippen LogP contribution in [0.25, 0.3) is 10.7 Å². The highest BCUT2D eigenvalue weighted by molar-refractivity contribution is 7.13. The third-order valence-electron chi connectivity index (χ3n) is 5.57. The molecule has 29 heavy (non-hydrogen) atoms. The molecule has 1 aromatic carbocycles. The molecule has 4 heterocycles. The lowest BCUT2D eigenvalue weighted by Gasteiger charge is -2.34. The summed E-state index contributed by atoms with van der Waals surface area (Å²) in [4.78, 5) is 31.6. The lowest BCUT2D eigenvalue weighted by molar-refractivity contribution is -0.123. The summed E-state index contributed by atoms with van der Waals surface area (Å²) in [6.45, 7) is 1.46. The summed E-state index contributed by atoms with van der Waals surface area (Å²) >= 11 is 1.59. The van der Waals surface area contributed by atoms with Crippen molar-refractivity contribution in [3.63, 3.8) is 0 Å². The molecule has 3 aromatic rings. The SMILES string of the molecule is O=C1CC(N2CCC(n3nnc(-c4cccs4)n3)CC2)C(=O)N1c1ccccc1. The quantitative estimate of drug-likeness (QED) is 0.616. The second kappa shape index (κ2) is 7.49. The first-order valence-electron chi connectivity index (χ1n) is 9.70. The highest BCUT2D eigenvalue weighted by Crippen LogP contribution is 2.30. The van der Waals surface area contributed by atoms with Gasteiger partial charge in [0.1, 0.15) is 0 Å². The number of hydrogen-bond donors (Lipinski definition) is 0. The monoisotopic (exact) mass is 408 g/mol. The van der Waals surface area contributed by atoms with Crippen LogP contribution < -0.4 is 4.90 Å². The van der Waals surface area contributed by atoms with Crippen molar-refractivity contribution in [1.82, 2.24) is 25.1 Å². The molecule has 1 atom stereocenters. The van der Waals surface area contributed by atoms with Crippen LogP contribution in [0.2, 0.25) is 0 Å². The predicted molar refractivity (Wildman–Crippen MR) is 108 cm³/mol. The van der Waals surface area contributed by atoms with Crippen LogP contribution in [-0.2, 0) is 9.59 Å². The summed E-state index contributed by atoms with van der Waals surface area (Å²) < 4.78 is 0. The van der Waals surface area contributed by atoms with Gasteiger partial charge in [-0.2, -0.15) is 4.80 Å². The van der Waals surface area contributed by atoms with E-state index in [9.17, 15) is 9.59 Å². The second-order valence-corrected chi connectivity index (χ2v) is 8.25. The van der Waals surface area contributed by atoms with Crippen molar-refractivity contribution in [3.05, 3.63) is 47.8 Å². The van der Waals surface area contributed by atoms with Gasteiger partial charge < -0.3 is 0 Å². The number of nitrogens with zero attached hydrogens (tertiary/aromatic N) is 6. The van der Waals surface area contributed by atoms with Gasteiger partial charge in [0.05, 0.1) is 29.1 Å². The lowest BCUT2D eigenvalue weighted by Crippen LogP contribution is -2.46. The number of amides is 2. The van der Waals surface area contributed by atoms with Crippen molar-refractivity contribution in [1.29, 1.82) is 0 Å². The number of imide groups is 1. The summed E-state index contributed by atoms with van der Waals surface area (Å²) in [5, 5.41) is 14.9. The molecular formula is C20H20N6O2S. The molecule has 2 amide bonds.